The Morgan fingerprint density at radius 3 is 2.80 bits per heavy atom. The van der Waals surface area contributed by atoms with Crippen molar-refractivity contribution in [1.82, 2.24) is 10.6 Å². The van der Waals surface area contributed by atoms with E-state index >= 15 is 0 Å². The first-order valence-electron chi connectivity index (χ1n) is 5.78. The van der Waals surface area contributed by atoms with Crippen LogP contribution in [0.4, 0.5) is 0 Å². The van der Waals surface area contributed by atoms with Crippen LogP contribution in [0, 0.1) is 5.41 Å². The van der Waals surface area contributed by atoms with Gasteiger partial charge in [0.2, 0.25) is 5.91 Å². The van der Waals surface area contributed by atoms with Crippen LogP contribution in [0.25, 0.3) is 0 Å². The highest BCUT2D eigenvalue weighted by atomic mass is 16.3. The normalized spacial score (nSPS) is 33.5. The quantitative estimate of drug-likeness (QED) is 0.618. The van der Waals surface area contributed by atoms with E-state index in [4.69, 9.17) is 0 Å². The highest BCUT2D eigenvalue weighted by Crippen LogP contribution is 2.39. The van der Waals surface area contributed by atoms with Crippen molar-refractivity contribution < 1.29 is 9.90 Å². The van der Waals surface area contributed by atoms with E-state index in [1.54, 1.807) is 0 Å². The average molecular weight is 212 g/mol. The van der Waals surface area contributed by atoms with Crippen molar-refractivity contribution in [3.63, 3.8) is 0 Å². The number of nitrogens with one attached hydrogen (secondary N) is 2. The predicted octanol–water partition coefficient (Wildman–Crippen LogP) is 0.0156. The van der Waals surface area contributed by atoms with Crippen molar-refractivity contribution in [2.45, 2.75) is 44.8 Å². The fourth-order valence-corrected chi connectivity index (χ4v) is 2.30. The molecule has 4 heteroatoms. The molecule has 0 bridgehead atoms. The molecule has 15 heavy (non-hydrogen) atoms. The molecule has 1 amide bonds. The number of amides is 1. The van der Waals surface area contributed by atoms with Gasteiger partial charge in [0.05, 0.1) is 12.1 Å². The summed E-state index contributed by atoms with van der Waals surface area (Å²) < 4.78 is 0. The zero-order valence-corrected chi connectivity index (χ0v) is 9.25. The second kappa shape index (κ2) is 4.10. The maximum atomic E-state index is 11.7. The van der Waals surface area contributed by atoms with Gasteiger partial charge < -0.3 is 15.7 Å². The van der Waals surface area contributed by atoms with Crippen molar-refractivity contribution in [1.29, 1.82) is 0 Å². The third-order valence-corrected chi connectivity index (χ3v) is 3.67. The van der Waals surface area contributed by atoms with E-state index in [2.05, 4.69) is 17.6 Å². The summed E-state index contributed by atoms with van der Waals surface area (Å²) in [6.07, 6.45) is 3.90. The summed E-state index contributed by atoms with van der Waals surface area (Å²) in [6.45, 7) is 3.53. The molecule has 1 heterocycles. The summed E-state index contributed by atoms with van der Waals surface area (Å²) in [6, 6.07) is -0.191. The Morgan fingerprint density at radius 1 is 1.60 bits per heavy atom. The zero-order valence-electron chi connectivity index (χ0n) is 9.25. The number of hydrogen-bond donors (Lipinski definition) is 3. The first-order valence-corrected chi connectivity index (χ1v) is 5.78. The van der Waals surface area contributed by atoms with Crippen LogP contribution in [0.3, 0.4) is 0 Å². The molecule has 2 unspecified atom stereocenters. The molecular weight excluding hydrogens is 192 g/mol. The van der Waals surface area contributed by atoms with Gasteiger partial charge >= 0.3 is 0 Å². The fourth-order valence-electron chi connectivity index (χ4n) is 2.30. The lowest BCUT2D eigenvalue weighted by Gasteiger charge is -2.38. The minimum Gasteiger partial charge on any atom is -0.392 e. The number of β-amino-alcohol motifs (C(OH)–C–C–N with tert-alkyl or cyclic N) is 1. The van der Waals surface area contributed by atoms with E-state index < -0.39 is 0 Å². The lowest BCUT2D eigenvalue weighted by molar-refractivity contribution is -0.123. The molecule has 0 spiro atoms. The summed E-state index contributed by atoms with van der Waals surface area (Å²) in [5, 5.41) is 15.3. The molecule has 0 aromatic heterocycles. The molecule has 1 aliphatic carbocycles. The Morgan fingerprint density at radius 2 is 2.33 bits per heavy atom. The topological polar surface area (TPSA) is 61.4 Å². The monoisotopic (exact) mass is 212 g/mol. The molecule has 0 radical (unpaired) electrons. The molecule has 2 rings (SSSR count). The lowest BCUT2D eigenvalue weighted by Crippen LogP contribution is -2.46. The first-order chi connectivity index (χ1) is 7.09. The standard InChI is InChI=1S/C11H20N2O2/c1-11(3-2-4-11)7-13-10(15)9-5-8(14)6-12-9/h8-9,12,14H,2-7H2,1H3,(H,13,15). The SMILES string of the molecule is CC1(CNC(=O)C2CC(O)CN2)CCC1. The summed E-state index contributed by atoms with van der Waals surface area (Å²) in [5.41, 5.74) is 0.326. The van der Waals surface area contributed by atoms with Crippen LogP contribution in [0.5, 0.6) is 0 Å². The molecule has 4 nitrogen and oxygen atoms in total. The minimum atomic E-state index is -0.361. The number of rotatable bonds is 3. The summed E-state index contributed by atoms with van der Waals surface area (Å²) in [7, 11) is 0. The zero-order chi connectivity index (χ0) is 10.9. The van der Waals surface area contributed by atoms with Crippen molar-refractivity contribution >= 4 is 5.91 Å². The second-order valence-corrected chi connectivity index (χ2v) is 5.23. The van der Waals surface area contributed by atoms with Gasteiger partial charge in [0, 0.05) is 13.1 Å². The summed E-state index contributed by atoms with van der Waals surface area (Å²) >= 11 is 0. The maximum absolute atomic E-state index is 11.7. The van der Waals surface area contributed by atoms with E-state index in [0.29, 0.717) is 18.4 Å². The van der Waals surface area contributed by atoms with E-state index in [1.807, 2.05) is 0 Å². The number of aliphatic hydroxyl groups is 1. The van der Waals surface area contributed by atoms with Crippen LogP contribution in [-0.4, -0.2) is 36.2 Å². The number of hydrogen-bond acceptors (Lipinski definition) is 3. The summed E-state index contributed by atoms with van der Waals surface area (Å²) in [5.74, 6) is 0.0414. The number of aliphatic hydroxyl groups excluding tert-OH is 1. The van der Waals surface area contributed by atoms with Gasteiger partial charge in [-0.15, -0.1) is 0 Å². The fraction of sp³-hybridized carbons (Fsp3) is 0.909. The Balaban J connectivity index is 1.72. The van der Waals surface area contributed by atoms with Crippen LogP contribution in [0.15, 0.2) is 0 Å². The second-order valence-electron chi connectivity index (χ2n) is 5.23. The maximum Gasteiger partial charge on any atom is 0.237 e. The Labute approximate surface area is 90.4 Å². The largest absolute Gasteiger partial charge is 0.392 e. The van der Waals surface area contributed by atoms with Gasteiger partial charge in [0.15, 0.2) is 0 Å². The molecule has 2 fully saturated rings. The Hall–Kier alpha value is -0.610. The van der Waals surface area contributed by atoms with Gasteiger partial charge in [-0.25, -0.2) is 0 Å². The average Bonchev–Trinajstić information content (AvgIpc) is 2.58. The van der Waals surface area contributed by atoms with Gasteiger partial charge in [0.25, 0.3) is 0 Å². The van der Waals surface area contributed by atoms with Crippen molar-refractivity contribution in [2.75, 3.05) is 13.1 Å². The molecule has 86 valence electrons. The predicted molar refractivity (Wildman–Crippen MR) is 57.4 cm³/mol. The van der Waals surface area contributed by atoms with E-state index in [0.717, 1.165) is 6.54 Å². The molecule has 2 aliphatic rings. The van der Waals surface area contributed by atoms with Crippen molar-refractivity contribution in [2.24, 2.45) is 5.41 Å². The van der Waals surface area contributed by atoms with E-state index in [1.165, 1.54) is 19.3 Å². The van der Waals surface area contributed by atoms with E-state index in [9.17, 15) is 9.90 Å². The number of carbonyl (C=O) groups is 1. The van der Waals surface area contributed by atoms with Gasteiger partial charge in [-0.05, 0) is 24.7 Å². The van der Waals surface area contributed by atoms with E-state index in [-0.39, 0.29) is 18.1 Å². The molecule has 3 N–H and O–H groups in total. The number of carbonyl (C=O) groups excluding carboxylic acids is 1. The smallest absolute Gasteiger partial charge is 0.237 e. The highest BCUT2D eigenvalue weighted by Gasteiger charge is 2.34. The van der Waals surface area contributed by atoms with Gasteiger partial charge in [-0.2, -0.15) is 0 Å². The molecular formula is C11H20N2O2. The molecule has 1 saturated carbocycles. The molecule has 0 aromatic carbocycles. The Bertz CT molecular complexity index is 251. The van der Waals surface area contributed by atoms with Crippen LogP contribution in [-0.2, 0) is 4.79 Å². The van der Waals surface area contributed by atoms with Crippen LogP contribution < -0.4 is 10.6 Å². The van der Waals surface area contributed by atoms with Gasteiger partial charge in [0.1, 0.15) is 0 Å². The highest BCUT2D eigenvalue weighted by molar-refractivity contribution is 5.82. The van der Waals surface area contributed by atoms with Crippen LogP contribution >= 0.6 is 0 Å². The third kappa shape index (κ3) is 2.49. The molecule has 2 atom stereocenters. The Kier molecular flexibility index (Phi) is 2.98. The molecule has 0 aromatic rings. The minimum absolute atomic E-state index is 0.0414. The third-order valence-electron chi connectivity index (χ3n) is 3.67. The first kappa shape index (κ1) is 10.9. The van der Waals surface area contributed by atoms with Crippen molar-refractivity contribution in [3.05, 3.63) is 0 Å². The molecule has 1 saturated heterocycles. The van der Waals surface area contributed by atoms with Gasteiger partial charge in [-0.3, -0.25) is 4.79 Å². The van der Waals surface area contributed by atoms with Crippen LogP contribution in [0.2, 0.25) is 0 Å². The molecule has 1 aliphatic heterocycles. The van der Waals surface area contributed by atoms with Gasteiger partial charge in [-0.1, -0.05) is 13.3 Å². The van der Waals surface area contributed by atoms with Crippen molar-refractivity contribution in [3.8, 4) is 0 Å². The lowest BCUT2D eigenvalue weighted by atomic mass is 9.70. The van der Waals surface area contributed by atoms with Crippen LogP contribution in [0.1, 0.15) is 32.6 Å². The summed E-state index contributed by atoms with van der Waals surface area (Å²) in [4.78, 5) is 11.7.